The second kappa shape index (κ2) is 12.5. The number of alkyl halides is 3. The van der Waals surface area contributed by atoms with E-state index in [1.165, 1.54) is 37.1 Å². The number of aliphatic hydroxyl groups excluding tert-OH is 1. The molecule has 252 valence electrons. The summed E-state index contributed by atoms with van der Waals surface area (Å²) in [5, 5.41) is 10.7. The van der Waals surface area contributed by atoms with Crippen LogP contribution in [0.2, 0.25) is 0 Å². The molecule has 3 amide bonds. The quantitative estimate of drug-likeness (QED) is 0.356. The fraction of sp³-hybridized carbons (Fsp3) is 0.500. The number of pyridine rings is 1. The second-order valence-electron chi connectivity index (χ2n) is 12.5. The lowest BCUT2D eigenvalue weighted by Gasteiger charge is -2.40. The van der Waals surface area contributed by atoms with E-state index in [4.69, 9.17) is 4.74 Å². The molecule has 1 aromatic heterocycles. The molecular formula is C32H36F4N6O5. The van der Waals surface area contributed by atoms with Crippen LogP contribution < -0.4 is 14.7 Å². The minimum absolute atomic E-state index is 0.0433. The van der Waals surface area contributed by atoms with Crippen molar-refractivity contribution in [1.29, 1.82) is 0 Å². The Kier molecular flexibility index (Phi) is 8.74. The zero-order valence-corrected chi connectivity index (χ0v) is 26.0. The molecule has 5 heterocycles. The van der Waals surface area contributed by atoms with Crippen molar-refractivity contribution in [1.82, 2.24) is 14.8 Å². The Morgan fingerprint density at radius 3 is 2.57 bits per heavy atom. The van der Waals surface area contributed by atoms with Gasteiger partial charge in [-0.25, -0.2) is 9.37 Å². The number of ether oxygens (including phenoxy) is 1. The number of aromatic nitrogens is 1. The maximum Gasteiger partial charge on any atom is 0.416 e. The predicted molar refractivity (Wildman–Crippen MR) is 163 cm³/mol. The Hall–Kier alpha value is -4.08. The monoisotopic (exact) mass is 660 g/mol. The molecule has 15 heteroatoms. The van der Waals surface area contributed by atoms with Crippen LogP contribution in [0, 0.1) is 18.7 Å². The lowest BCUT2D eigenvalue weighted by Crippen LogP contribution is -2.56. The number of rotatable bonds is 7. The predicted octanol–water partition coefficient (Wildman–Crippen LogP) is 2.21. The number of aryl methyl sites for hydroxylation is 1. The topological polar surface area (TPSA) is 110 Å². The van der Waals surface area contributed by atoms with Gasteiger partial charge in [0.05, 0.1) is 35.3 Å². The van der Waals surface area contributed by atoms with Crippen molar-refractivity contribution in [2.45, 2.75) is 43.9 Å². The van der Waals surface area contributed by atoms with Crippen molar-refractivity contribution < 1.29 is 41.8 Å². The third-order valence-electron chi connectivity index (χ3n) is 9.33. The molecule has 0 radical (unpaired) electrons. The maximum atomic E-state index is 15.5. The molecule has 4 aliphatic rings. The van der Waals surface area contributed by atoms with Gasteiger partial charge in [0.1, 0.15) is 17.7 Å². The second-order valence-corrected chi connectivity index (χ2v) is 12.5. The van der Waals surface area contributed by atoms with E-state index in [-0.39, 0.29) is 54.4 Å². The van der Waals surface area contributed by atoms with Crippen LogP contribution in [-0.2, 0) is 25.3 Å². The molecule has 2 aromatic rings. The number of aliphatic hydroxyl groups is 1. The van der Waals surface area contributed by atoms with Gasteiger partial charge in [-0.15, -0.1) is 0 Å². The van der Waals surface area contributed by atoms with E-state index in [1.807, 2.05) is 4.90 Å². The van der Waals surface area contributed by atoms with Gasteiger partial charge in [-0.2, -0.15) is 13.2 Å². The van der Waals surface area contributed by atoms with E-state index in [1.54, 1.807) is 15.9 Å². The summed E-state index contributed by atoms with van der Waals surface area (Å²) in [4.78, 5) is 51.0. The highest BCUT2D eigenvalue weighted by molar-refractivity contribution is 6.10. The third-order valence-corrected chi connectivity index (χ3v) is 9.33. The van der Waals surface area contributed by atoms with Gasteiger partial charge in [0.25, 0.3) is 0 Å². The standard InChI is InChI=1S/C32H36F4N6O5/c1-4-27(44)41-14-21(15-41)47-25-17-39(16-24(25)43)8-9-40-13-19-11-28(45)42(26-12-20(32(34,35)36)10-18(2)37-26)29(19)31(46)38(3)23-7-5-6-22(33)30(23)40/h4-7,10,12,19,21,24-25,29,43H,1,8-9,11,13-17H2,2-3H3/t19-,24+,25+,29+/m1/s1. The Balaban J connectivity index is 1.22. The number of hydrogen-bond donors (Lipinski definition) is 1. The molecule has 1 aromatic carbocycles. The van der Waals surface area contributed by atoms with E-state index in [0.717, 1.165) is 17.0 Å². The van der Waals surface area contributed by atoms with E-state index < -0.39 is 53.5 Å². The van der Waals surface area contributed by atoms with E-state index in [0.29, 0.717) is 32.7 Å². The van der Waals surface area contributed by atoms with Crippen LogP contribution in [0.15, 0.2) is 43.0 Å². The summed E-state index contributed by atoms with van der Waals surface area (Å²) in [6.07, 6.45) is -5.03. The minimum atomic E-state index is -4.68. The summed E-state index contributed by atoms with van der Waals surface area (Å²) in [7, 11) is 1.45. The number of likely N-dealkylation sites (N-methyl/N-ethyl adjacent to an activating group) is 1. The summed E-state index contributed by atoms with van der Waals surface area (Å²) in [6, 6.07) is 4.83. The summed E-state index contributed by atoms with van der Waals surface area (Å²) in [5.41, 5.74) is -0.504. The third kappa shape index (κ3) is 6.31. The molecule has 11 nitrogen and oxygen atoms in total. The lowest BCUT2D eigenvalue weighted by molar-refractivity contribution is -0.148. The number of carbonyl (C=O) groups is 3. The zero-order valence-electron chi connectivity index (χ0n) is 26.0. The van der Waals surface area contributed by atoms with E-state index in [9.17, 15) is 32.7 Å². The van der Waals surface area contributed by atoms with Gasteiger partial charge in [0.2, 0.25) is 17.7 Å². The molecule has 0 unspecified atom stereocenters. The first kappa shape index (κ1) is 32.8. The number of para-hydroxylation sites is 1. The van der Waals surface area contributed by atoms with Crippen LogP contribution in [0.5, 0.6) is 0 Å². The number of benzene rings is 1. The van der Waals surface area contributed by atoms with E-state index in [2.05, 4.69) is 11.6 Å². The number of anilines is 3. The molecule has 47 heavy (non-hydrogen) atoms. The molecule has 1 N–H and O–H groups in total. The first-order valence-electron chi connectivity index (χ1n) is 15.4. The normalized spacial score (nSPS) is 25.4. The largest absolute Gasteiger partial charge is 0.416 e. The number of fused-ring (bicyclic) bond motifs is 2. The molecule has 0 spiro atoms. The van der Waals surface area contributed by atoms with E-state index >= 15 is 4.39 Å². The van der Waals surface area contributed by atoms with Crippen molar-refractivity contribution in [3.05, 3.63) is 60.1 Å². The number of hydrogen-bond acceptors (Lipinski definition) is 8. The Morgan fingerprint density at radius 2 is 1.87 bits per heavy atom. The number of nitrogens with zero attached hydrogens (tertiary/aromatic N) is 6. The maximum absolute atomic E-state index is 15.5. The first-order chi connectivity index (χ1) is 22.2. The number of amides is 3. The fourth-order valence-corrected chi connectivity index (χ4v) is 6.96. The van der Waals surface area contributed by atoms with Gasteiger partial charge in [-0.05, 0) is 37.3 Å². The summed E-state index contributed by atoms with van der Waals surface area (Å²) < 4.78 is 62.6. The van der Waals surface area contributed by atoms with Crippen LogP contribution in [0.3, 0.4) is 0 Å². The molecule has 0 bridgehead atoms. The minimum Gasteiger partial charge on any atom is -0.389 e. The Bertz CT molecular complexity index is 1580. The van der Waals surface area contributed by atoms with Crippen LogP contribution in [0.1, 0.15) is 17.7 Å². The van der Waals surface area contributed by atoms with Crippen LogP contribution in [0.25, 0.3) is 0 Å². The Labute approximate surface area is 269 Å². The Morgan fingerprint density at radius 1 is 1.13 bits per heavy atom. The first-order valence-corrected chi connectivity index (χ1v) is 15.4. The average Bonchev–Trinajstić information content (AvgIpc) is 3.51. The molecular weight excluding hydrogens is 624 g/mol. The SMILES string of the molecule is C=CC(=O)N1CC(O[C@H]2CN(CCN3C[C@H]4CC(=O)N(c5cc(C(F)(F)F)cc(C)n5)[C@@H]4C(=O)N(C)c4cccc(F)c43)C[C@@H]2O)C1. The highest BCUT2D eigenvalue weighted by Crippen LogP contribution is 2.41. The molecule has 3 fully saturated rings. The molecule has 6 rings (SSSR count). The van der Waals surface area contributed by atoms with Gasteiger partial charge in [-0.3, -0.25) is 24.2 Å². The van der Waals surface area contributed by atoms with Gasteiger partial charge >= 0.3 is 6.18 Å². The molecule has 4 atom stereocenters. The molecule has 0 aliphatic carbocycles. The molecule has 4 aliphatic heterocycles. The smallest absolute Gasteiger partial charge is 0.389 e. The van der Waals surface area contributed by atoms with Crippen LogP contribution >= 0.6 is 0 Å². The summed E-state index contributed by atoms with van der Waals surface area (Å²) >= 11 is 0. The van der Waals surface area contributed by atoms with Gasteiger partial charge < -0.3 is 24.5 Å². The van der Waals surface area contributed by atoms with Gasteiger partial charge in [0, 0.05) is 70.9 Å². The van der Waals surface area contributed by atoms with Crippen molar-refractivity contribution >= 4 is 34.9 Å². The van der Waals surface area contributed by atoms with Crippen LogP contribution in [-0.4, -0.2) is 115 Å². The van der Waals surface area contributed by atoms with Crippen molar-refractivity contribution in [3.8, 4) is 0 Å². The highest BCUT2D eigenvalue weighted by Gasteiger charge is 2.50. The van der Waals surface area contributed by atoms with Gasteiger partial charge in [-0.1, -0.05) is 12.6 Å². The fourth-order valence-electron chi connectivity index (χ4n) is 6.96. The van der Waals surface area contributed by atoms with Crippen molar-refractivity contribution in [2.75, 3.05) is 67.6 Å². The zero-order chi connectivity index (χ0) is 33.8. The number of β-amino-alcohol motifs (C(OH)–C–C–N with tert-alkyl or cyclic N) is 1. The highest BCUT2D eigenvalue weighted by atomic mass is 19.4. The summed E-state index contributed by atoms with van der Waals surface area (Å²) in [6.45, 7) is 7.13. The molecule has 0 saturated carbocycles. The van der Waals surface area contributed by atoms with Crippen molar-refractivity contribution in [3.63, 3.8) is 0 Å². The van der Waals surface area contributed by atoms with Crippen molar-refractivity contribution in [2.24, 2.45) is 5.92 Å². The van der Waals surface area contributed by atoms with Gasteiger partial charge in [0.15, 0.2) is 0 Å². The number of likely N-dealkylation sites (tertiary alicyclic amines) is 2. The summed E-state index contributed by atoms with van der Waals surface area (Å²) in [5.74, 6) is -2.79. The average molecular weight is 661 g/mol. The lowest BCUT2D eigenvalue weighted by atomic mass is 9.95. The van der Waals surface area contributed by atoms with Crippen LogP contribution in [0.4, 0.5) is 34.8 Å². The number of carbonyl (C=O) groups excluding carboxylic acids is 3. The number of halogens is 4. The molecule has 3 saturated heterocycles.